The number of aromatic nitrogens is 1. The van der Waals surface area contributed by atoms with Crippen LogP contribution in [-0.4, -0.2) is 36.1 Å². The number of anilines is 1. The molecule has 7 heteroatoms. The third-order valence-electron chi connectivity index (χ3n) is 3.57. The molecule has 2 heterocycles. The molecule has 1 aromatic heterocycles. The second-order valence-electron chi connectivity index (χ2n) is 5.35. The van der Waals surface area contributed by atoms with Crippen molar-refractivity contribution in [3.8, 4) is 17.2 Å². The molecular formula is C17H16N2O5. The lowest BCUT2D eigenvalue weighted by Gasteiger charge is -2.12. The van der Waals surface area contributed by atoms with E-state index in [1.807, 2.05) is 24.3 Å². The second kappa shape index (κ2) is 6.29. The number of fused-ring (bicyclic) bond motifs is 2. The van der Waals surface area contributed by atoms with E-state index in [0.29, 0.717) is 28.8 Å². The number of para-hydroxylation sites is 2. The minimum absolute atomic E-state index is 0.132. The van der Waals surface area contributed by atoms with Crippen molar-refractivity contribution in [1.29, 1.82) is 0 Å². The second-order valence-corrected chi connectivity index (χ2v) is 5.35. The van der Waals surface area contributed by atoms with E-state index in [1.165, 1.54) is 0 Å². The third-order valence-corrected chi connectivity index (χ3v) is 3.57. The zero-order valence-corrected chi connectivity index (χ0v) is 12.8. The van der Waals surface area contributed by atoms with Crippen LogP contribution in [0.4, 0.5) is 6.01 Å². The molecule has 3 aromatic rings. The Morgan fingerprint density at radius 3 is 2.96 bits per heavy atom. The lowest BCUT2D eigenvalue weighted by molar-refractivity contribution is 0.117. The average molecular weight is 328 g/mol. The number of nitrogens with zero attached hydrogens (tertiary/aromatic N) is 1. The number of benzene rings is 2. The van der Waals surface area contributed by atoms with Crippen molar-refractivity contribution >= 4 is 17.1 Å². The Morgan fingerprint density at radius 2 is 2.04 bits per heavy atom. The Balaban J connectivity index is 1.29. The first-order valence-electron chi connectivity index (χ1n) is 7.58. The first-order chi connectivity index (χ1) is 11.8. The first-order valence-corrected chi connectivity index (χ1v) is 7.58. The molecule has 1 atom stereocenters. The van der Waals surface area contributed by atoms with Gasteiger partial charge in [-0.15, -0.1) is 0 Å². The van der Waals surface area contributed by atoms with Gasteiger partial charge in [0, 0.05) is 12.6 Å². The van der Waals surface area contributed by atoms with Crippen molar-refractivity contribution < 1.29 is 23.7 Å². The highest BCUT2D eigenvalue weighted by Gasteiger charge is 2.14. The van der Waals surface area contributed by atoms with E-state index < -0.39 is 6.10 Å². The molecule has 2 N–H and O–H groups in total. The van der Waals surface area contributed by atoms with Gasteiger partial charge in [0.15, 0.2) is 17.1 Å². The normalized spacial score (nSPS) is 13.9. The SMILES string of the molecule is OC(CNc1nc2ccccc2o1)COc1ccc2c(c1)OCO2. The molecule has 1 aliphatic heterocycles. The summed E-state index contributed by atoms with van der Waals surface area (Å²) in [5.41, 5.74) is 1.47. The fraction of sp³-hybridized carbons (Fsp3) is 0.235. The largest absolute Gasteiger partial charge is 0.491 e. The molecule has 0 amide bonds. The highest BCUT2D eigenvalue weighted by molar-refractivity contribution is 5.74. The van der Waals surface area contributed by atoms with Crippen molar-refractivity contribution in [2.75, 3.05) is 25.3 Å². The zero-order chi connectivity index (χ0) is 16.4. The number of ether oxygens (including phenoxy) is 3. The standard InChI is InChI=1S/C17H16N2O5/c20-11(8-18-17-19-13-3-1-2-4-14(13)24-17)9-21-12-5-6-15-16(7-12)23-10-22-15/h1-7,11,20H,8-10H2,(H,18,19). The summed E-state index contributed by atoms with van der Waals surface area (Å²) in [4.78, 5) is 4.28. The van der Waals surface area contributed by atoms with Crippen LogP contribution < -0.4 is 19.5 Å². The molecule has 4 rings (SSSR count). The molecular weight excluding hydrogens is 312 g/mol. The van der Waals surface area contributed by atoms with Gasteiger partial charge < -0.3 is 29.1 Å². The predicted molar refractivity (Wildman–Crippen MR) is 86.6 cm³/mol. The highest BCUT2D eigenvalue weighted by Crippen LogP contribution is 2.35. The van der Waals surface area contributed by atoms with Crippen LogP contribution in [0.1, 0.15) is 0 Å². The van der Waals surface area contributed by atoms with E-state index in [-0.39, 0.29) is 19.9 Å². The van der Waals surface area contributed by atoms with E-state index in [4.69, 9.17) is 18.6 Å². The monoisotopic (exact) mass is 328 g/mol. The molecule has 2 aromatic carbocycles. The van der Waals surface area contributed by atoms with Crippen LogP contribution in [0.25, 0.3) is 11.1 Å². The topological polar surface area (TPSA) is 86.0 Å². The molecule has 7 nitrogen and oxygen atoms in total. The van der Waals surface area contributed by atoms with Gasteiger partial charge in [-0.1, -0.05) is 12.1 Å². The quantitative estimate of drug-likeness (QED) is 0.718. The Morgan fingerprint density at radius 1 is 1.17 bits per heavy atom. The summed E-state index contributed by atoms with van der Waals surface area (Å²) in [6.45, 7) is 0.611. The van der Waals surface area contributed by atoms with Crippen LogP contribution in [0.2, 0.25) is 0 Å². The zero-order valence-electron chi connectivity index (χ0n) is 12.8. The van der Waals surface area contributed by atoms with E-state index in [1.54, 1.807) is 18.2 Å². The van der Waals surface area contributed by atoms with Crippen LogP contribution >= 0.6 is 0 Å². The minimum Gasteiger partial charge on any atom is -0.491 e. The van der Waals surface area contributed by atoms with E-state index in [2.05, 4.69) is 10.3 Å². The van der Waals surface area contributed by atoms with Gasteiger partial charge in [0.05, 0.1) is 0 Å². The maximum absolute atomic E-state index is 10.0. The maximum atomic E-state index is 10.0. The van der Waals surface area contributed by atoms with Gasteiger partial charge in [-0.05, 0) is 24.3 Å². The number of aliphatic hydroxyl groups is 1. The molecule has 0 fully saturated rings. The molecule has 1 aliphatic rings. The van der Waals surface area contributed by atoms with Crippen molar-refractivity contribution in [2.24, 2.45) is 0 Å². The van der Waals surface area contributed by atoms with Gasteiger partial charge in [0.2, 0.25) is 6.79 Å². The number of nitrogens with one attached hydrogen (secondary N) is 1. The molecule has 0 radical (unpaired) electrons. The Kier molecular flexibility index (Phi) is 3.84. The summed E-state index contributed by atoms with van der Waals surface area (Å²) in [5, 5.41) is 13.0. The van der Waals surface area contributed by atoms with Crippen molar-refractivity contribution in [2.45, 2.75) is 6.10 Å². The molecule has 1 unspecified atom stereocenters. The molecule has 124 valence electrons. The van der Waals surface area contributed by atoms with Crippen LogP contribution in [0.15, 0.2) is 46.9 Å². The number of oxazole rings is 1. The van der Waals surface area contributed by atoms with E-state index in [0.717, 1.165) is 5.52 Å². The number of rotatable bonds is 6. The van der Waals surface area contributed by atoms with Gasteiger partial charge in [-0.3, -0.25) is 0 Å². The molecule has 0 spiro atoms. The Labute approximate surface area is 137 Å². The van der Waals surface area contributed by atoms with Gasteiger partial charge in [-0.2, -0.15) is 4.98 Å². The van der Waals surface area contributed by atoms with Gasteiger partial charge in [-0.25, -0.2) is 0 Å². The minimum atomic E-state index is -0.717. The van der Waals surface area contributed by atoms with Gasteiger partial charge in [0.1, 0.15) is 24.0 Å². The van der Waals surface area contributed by atoms with Crippen molar-refractivity contribution in [3.63, 3.8) is 0 Å². The molecule has 0 bridgehead atoms. The molecule has 24 heavy (non-hydrogen) atoms. The fourth-order valence-corrected chi connectivity index (χ4v) is 2.37. The van der Waals surface area contributed by atoms with Crippen LogP contribution in [0, 0.1) is 0 Å². The lowest BCUT2D eigenvalue weighted by atomic mass is 10.3. The summed E-state index contributed by atoms with van der Waals surface area (Å²) in [7, 11) is 0. The number of hydrogen-bond donors (Lipinski definition) is 2. The number of aliphatic hydroxyl groups excluding tert-OH is 1. The molecule has 0 aliphatic carbocycles. The molecule has 0 saturated heterocycles. The van der Waals surface area contributed by atoms with E-state index >= 15 is 0 Å². The smallest absolute Gasteiger partial charge is 0.295 e. The summed E-state index contributed by atoms with van der Waals surface area (Å²) < 4.78 is 21.6. The fourth-order valence-electron chi connectivity index (χ4n) is 2.37. The van der Waals surface area contributed by atoms with Gasteiger partial charge >= 0.3 is 0 Å². The highest BCUT2D eigenvalue weighted by atomic mass is 16.7. The van der Waals surface area contributed by atoms with Crippen molar-refractivity contribution in [1.82, 2.24) is 4.98 Å². The van der Waals surface area contributed by atoms with Crippen molar-refractivity contribution in [3.05, 3.63) is 42.5 Å². The summed E-state index contributed by atoms with van der Waals surface area (Å²) >= 11 is 0. The Bertz CT molecular complexity index is 815. The third kappa shape index (κ3) is 3.07. The average Bonchev–Trinajstić information content (AvgIpc) is 3.23. The maximum Gasteiger partial charge on any atom is 0.295 e. The summed E-state index contributed by atoms with van der Waals surface area (Å²) in [6, 6.07) is 13.1. The van der Waals surface area contributed by atoms with Crippen LogP contribution in [0.3, 0.4) is 0 Å². The lowest BCUT2D eigenvalue weighted by Crippen LogP contribution is -2.26. The van der Waals surface area contributed by atoms with Crippen LogP contribution in [-0.2, 0) is 0 Å². The van der Waals surface area contributed by atoms with E-state index in [9.17, 15) is 5.11 Å². The molecule has 0 saturated carbocycles. The summed E-state index contributed by atoms with van der Waals surface area (Å²) in [5.74, 6) is 1.95. The predicted octanol–water partition coefficient (Wildman–Crippen LogP) is 2.41. The first kappa shape index (κ1) is 14.6. The Hall–Kier alpha value is -2.93. The van der Waals surface area contributed by atoms with Gasteiger partial charge in [0.25, 0.3) is 6.01 Å². The summed E-state index contributed by atoms with van der Waals surface area (Å²) in [6.07, 6.45) is -0.717. The number of hydrogen-bond acceptors (Lipinski definition) is 7. The van der Waals surface area contributed by atoms with Crippen LogP contribution in [0.5, 0.6) is 17.2 Å².